The summed E-state index contributed by atoms with van der Waals surface area (Å²) >= 11 is 0. The first-order valence-electron chi connectivity index (χ1n) is 14.7. The molecule has 5 rings (SSSR count). The topological polar surface area (TPSA) is 152 Å². The second-order valence-electron chi connectivity index (χ2n) is 12.6. The molecular weight excluding hydrogens is 629 g/mol. The second kappa shape index (κ2) is 11.9. The fourth-order valence-electron chi connectivity index (χ4n) is 6.44. The third kappa shape index (κ3) is 6.43. The molecule has 2 heterocycles. The number of aromatic carboxylic acids is 1. The Hall–Kier alpha value is -4.10. The molecule has 46 heavy (non-hydrogen) atoms. The van der Waals surface area contributed by atoms with E-state index in [2.05, 4.69) is 30.6 Å². The van der Waals surface area contributed by atoms with Crippen molar-refractivity contribution in [1.29, 1.82) is 0 Å². The van der Waals surface area contributed by atoms with E-state index in [1.54, 1.807) is 18.2 Å². The minimum Gasteiger partial charge on any atom is -0.478 e. The molecule has 0 unspecified atom stereocenters. The maximum atomic E-state index is 12.0. The highest BCUT2D eigenvalue weighted by molar-refractivity contribution is 7.86. The number of hydrogen-bond acceptors (Lipinski definition) is 6. The third-order valence-electron chi connectivity index (χ3n) is 8.79. The van der Waals surface area contributed by atoms with Crippen LogP contribution in [0.3, 0.4) is 0 Å². The second-order valence-corrected chi connectivity index (χ2v) is 15.6. The Bertz CT molecular complexity index is 2020. The molecule has 0 atom stereocenters. The number of nitrogens with zero attached hydrogens (tertiary/aromatic N) is 2. The Morgan fingerprint density at radius 1 is 0.891 bits per heavy atom. The number of fused-ring (bicyclic) bond motifs is 2. The predicted octanol–water partition coefficient (Wildman–Crippen LogP) is 5.72. The van der Waals surface area contributed by atoms with Crippen LogP contribution < -0.4 is 4.90 Å². The Balaban J connectivity index is 1.58. The van der Waals surface area contributed by atoms with Gasteiger partial charge in [0, 0.05) is 46.6 Å². The highest BCUT2D eigenvalue weighted by Gasteiger charge is 2.44. The van der Waals surface area contributed by atoms with Crippen molar-refractivity contribution < 1.29 is 40.4 Å². The van der Waals surface area contributed by atoms with E-state index >= 15 is 0 Å². The summed E-state index contributed by atoms with van der Waals surface area (Å²) < 4.78 is 68.1. The average molecular weight is 666 g/mol. The summed E-state index contributed by atoms with van der Waals surface area (Å²) in [7, 11) is -8.64. The summed E-state index contributed by atoms with van der Waals surface area (Å²) in [6.45, 7) is 8.89. The number of carboxylic acid groups (broad SMARTS) is 1. The molecule has 10 nitrogen and oxygen atoms in total. The highest BCUT2D eigenvalue weighted by atomic mass is 32.2. The first-order chi connectivity index (χ1) is 21.4. The minimum atomic E-state index is -4.45. The smallest absolute Gasteiger partial charge is 0.335 e. The lowest BCUT2D eigenvalue weighted by molar-refractivity contribution is -0.455. The number of carbonyl (C=O) groups is 1. The zero-order chi connectivity index (χ0) is 33.7. The minimum absolute atomic E-state index is 0.129. The third-order valence-corrected chi connectivity index (χ3v) is 10.4. The molecule has 0 radical (unpaired) electrons. The Labute approximate surface area is 269 Å². The van der Waals surface area contributed by atoms with Crippen molar-refractivity contribution in [2.45, 2.75) is 56.4 Å². The molecule has 0 amide bonds. The van der Waals surface area contributed by atoms with Gasteiger partial charge in [-0.2, -0.15) is 21.4 Å². The standard InChI is InChI=1S/C34H36N2O8S2/c1-33(2)26-9-5-6-10-28(26)36(22-23-13-15-24(16-14-23)32(37)38)31(33)12-7-11-30-34(3,4)27-21-25(46(42,43)44)17-18-29(27)35(30)19-8-20-45(39,40)41/h5-7,9-18,21H,8,19-20,22H2,1-4H3,(H2-,37,38,39,40,41,42,43,44)/p+1. The number of allylic oxidation sites excluding steroid dienone is 4. The lowest BCUT2D eigenvalue weighted by Crippen LogP contribution is -2.28. The van der Waals surface area contributed by atoms with E-state index in [9.17, 15) is 35.8 Å². The van der Waals surface area contributed by atoms with Crippen LogP contribution in [0.15, 0.2) is 95.6 Å². The van der Waals surface area contributed by atoms with Gasteiger partial charge in [-0.3, -0.25) is 9.11 Å². The average Bonchev–Trinajstić information content (AvgIpc) is 3.31. The molecule has 0 aliphatic carbocycles. The van der Waals surface area contributed by atoms with E-state index in [1.165, 1.54) is 12.1 Å². The molecule has 0 aromatic heterocycles. The first-order valence-corrected chi connectivity index (χ1v) is 17.8. The fraction of sp³-hybridized carbons (Fsp3) is 0.294. The Kier molecular flexibility index (Phi) is 8.62. The monoisotopic (exact) mass is 665 g/mol. The molecule has 0 saturated heterocycles. The SMILES string of the molecule is CC1(C)C(/C=C/C=C2/N(CCCS(=O)(=O)O)c3ccc(S(=O)(=O)O)cc3C2(C)C)=[N+](Cc2ccc(C(=O)O)cc2)c2ccccc21. The number of anilines is 1. The Morgan fingerprint density at radius 3 is 2.20 bits per heavy atom. The molecule has 3 N–H and O–H groups in total. The van der Waals surface area contributed by atoms with E-state index in [0.717, 1.165) is 28.2 Å². The van der Waals surface area contributed by atoms with Gasteiger partial charge >= 0.3 is 5.97 Å². The zero-order valence-electron chi connectivity index (χ0n) is 26.0. The van der Waals surface area contributed by atoms with Crippen molar-refractivity contribution in [2.24, 2.45) is 0 Å². The molecule has 2 aliphatic rings. The number of rotatable bonds is 10. The van der Waals surface area contributed by atoms with Crippen molar-refractivity contribution in [3.05, 3.63) is 113 Å². The highest BCUT2D eigenvalue weighted by Crippen LogP contribution is 2.48. The van der Waals surface area contributed by atoms with Crippen LogP contribution in [-0.4, -0.2) is 59.6 Å². The van der Waals surface area contributed by atoms with E-state index in [0.29, 0.717) is 17.8 Å². The van der Waals surface area contributed by atoms with E-state index < -0.39 is 37.4 Å². The van der Waals surface area contributed by atoms with Crippen molar-refractivity contribution in [2.75, 3.05) is 17.2 Å². The summed E-state index contributed by atoms with van der Waals surface area (Å²) in [4.78, 5) is 13.1. The Morgan fingerprint density at radius 2 is 1.57 bits per heavy atom. The normalized spacial score (nSPS) is 18.0. The van der Waals surface area contributed by atoms with Crippen LogP contribution in [0.2, 0.25) is 0 Å². The van der Waals surface area contributed by atoms with Crippen LogP contribution in [0.25, 0.3) is 0 Å². The molecule has 0 spiro atoms. The van der Waals surface area contributed by atoms with Crippen molar-refractivity contribution in [3.8, 4) is 0 Å². The summed E-state index contributed by atoms with van der Waals surface area (Å²) in [6.07, 6.45) is 6.00. The van der Waals surface area contributed by atoms with E-state index in [4.69, 9.17) is 0 Å². The molecule has 0 fully saturated rings. The van der Waals surface area contributed by atoms with Crippen molar-refractivity contribution in [3.63, 3.8) is 0 Å². The van der Waals surface area contributed by atoms with Crippen molar-refractivity contribution >= 4 is 43.3 Å². The maximum Gasteiger partial charge on any atom is 0.335 e. The first kappa shape index (κ1) is 33.3. The molecule has 3 aromatic carbocycles. The summed E-state index contributed by atoms with van der Waals surface area (Å²) in [5, 5.41) is 9.32. The van der Waals surface area contributed by atoms with Crippen molar-refractivity contribution in [1.82, 2.24) is 0 Å². The van der Waals surface area contributed by atoms with Gasteiger partial charge in [0.15, 0.2) is 12.3 Å². The van der Waals surface area contributed by atoms with Gasteiger partial charge in [0.1, 0.15) is 0 Å². The molecule has 2 aliphatic heterocycles. The molecule has 0 saturated carbocycles. The van der Waals surface area contributed by atoms with Gasteiger partial charge in [0.25, 0.3) is 20.2 Å². The van der Waals surface area contributed by atoms with Crippen LogP contribution in [0.4, 0.5) is 11.4 Å². The molecule has 12 heteroatoms. The van der Waals surface area contributed by atoms with E-state index in [-0.39, 0.29) is 28.8 Å². The van der Waals surface area contributed by atoms with Crippen LogP contribution in [-0.2, 0) is 37.6 Å². The summed E-state index contributed by atoms with van der Waals surface area (Å²) in [5.41, 5.74) is 5.37. The number of carboxylic acids is 1. The van der Waals surface area contributed by atoms with Gasteiger partial charge in [-0.15, -0.1) is 0 Å². The molecular formula is C34H37N2O8S2+. The van der Waals surface area contributed by atoms with Gasteiger partial charge in [-0.05, 0) is 62.2 Å². The van der Waals surface area contributed by atoms with Gasteiger partial charge in [0.2, 0.25) is 5.69 Å². The largest absolute Gasteiger partial charge is 0.478 e. The molecule has 3 aromatic rings. The van der Waals surface area contributed by atoms with E-state index in [1.807, 2.05) is 61.2 Å². The predicted molar refractivity (Wildman–Crippen MR) is 176 cm³/mol. The number of benzene rings is 3. The summed E-state index contributed by atoms with van der Waals surface area (Å²) in [5.74, 6) is -1.42. The van der Waals surface area contributed by atoms with Crippen LogP contribution in [0.5, 0.6) is 0 Å². The quantitative estimate of drug-likeness (QED) is 0.182. The maximum absolute atomic E-state index is 12.0. The van der Waals surface area contributed by atoms with Crippen LogP contribution in [0, 0.1) is 0 Å². The zero-order valence-corrected chi connectivity index (χ0v) is 27.6. The lowest BCUT2D eigenvalue weighted by atomic mass is 9.81. The van der Waals surface area contributed by atoms with Crippen LogP contribution in [0.1, 0.15) is 61.2 Å². The molecule has 0 bridgehead atoms. The van der Waals surface area contributed by atoms with Gasteiger partial charge < -0.3 is 10.0 Å². The fourth-order valence-corrected chi connectivity index (χ4v) is 7.44. The molecule has 242 valence electrons. The summed E-state index contributed by atoms with van der Waals surface area (Å²) in [6, 6.07) is 19.3. The number of hydrogen-bond donors (Lipinski definition) is 3. The number of para-hydroxylation sites is 1. The van der Waals surface area contributed by atoms with Crippen LogP contribution >= 0.6 is 0 Å². The van der Waals surface area contributed by atoms with Gasteiger partial charge in [-0.25, -0.2) is 4.79 Å². The van der Waals surface area contributed by atoms with Gasteiger partial charge in [0.05, 0.1) is 21.6 Å². The van der Waals surface area contributed by atoms with Gasteiger partial charge in [-0.1, -0.05) is 50.3 Å². The lowest BCUT2D eigenvalue weighted by Gasteiger charge is -2.27.